The maximum atomic E-state index is 10.7. The van der Waals surface area contributed by atoms with Gasteiger partial charge in [0, 0.05) is 11.6 Å². The Balaban J connectivity index is 2.87. The molecular weight excluding hydrogens is 154 g/mol. The Labute approximate surface area is 68.7 Å². The number of rotatable bonds is 0. The van der Waals surface area contributed by atoms with E-state index in [-0.39, 0.29) is 0 Å². The number of hydrogen-bond acceptors (Lipinski definition) is 3. The van der Waals surface area contributed by atoms with Gasteiger partial charge < -0.3 is 4.42 Å². The van der Waals surface area contributed by atoms with Gasteiger partial charge in [0.1, 0.15) is 5.58 Å². The topological polar surface area (TPSA) is 43.1 Å². The van der Waals surface area contributed by atoms with Gasteiger partial charge in [0.25, 0.3) is 0 Å². The highest BCUT2D eigenvalue weighted by Gasteiger charge is 1.96. The number of aryl methyl sites for hydroxylation is 1. The van der Waals surface area contributed by atoms with Gasteiger partial charge in [-0.15, -0.1) is 0 Å². The molecule has 1 aromatic carbocycles. The first-order valence-corrected chi connectivity index (χ1v) is 3.62. The predicted molar refractivity (Wildman–Crippen MR) is 45.0 cm³/mol. The molecule has 0 amide bonds. The maximum absolute atomic E-state index is 10.7. The zero-order valence-corrected chi connectivity index (χ0v) is 6.57. The summed E-state index contributed by atoms with van der Waals surface area (Å²) in [5.41, 5.74) is 1.71. The summed E-state index contributed by atoms with van der Waals surface area (Å²) in [5, 5.41) is 0.856. The van der Waals surface area contributed by atoms with Crippen molar-refractivity contribution in [2.75, 3.05) is 0 Å². The lowest BCUT2D eigenvalue weighted by molar-refractivity contribution is 0.531. The molecule has 2 aromatic rings. The Morgan fingerprint density at radius 3 is 3.08 bits per heavy atom. The molecule has 1 aromatic heterocycles. The molecule has 0 fully saturated rings. The van der Waals surface area contributed by atoms with Crippen LogP contribution in [0, 0.1) is 6.92 Å². The molecule has 3 nitrogen and oxygen atoms in total. The van der Waals surface area contributed by atoms with E-state index in [0.717, 1.165) is 10.9 Å². The van der Waals surface area contributed by atoms with Gasteiger partial charge in [-0.3, -0.25) is 0 Å². The van der Waals surface area contributed by atoms with Crippen LogP contribution in [0.2, 0.25) is 0 Å². The van der Waals surface area contributed by atoms with Crippen molar-refractivity contribution in [3.8, 4) is 0 Å². The number of nitrogens with zero attached hydrogens (tertiary/aromatic N) is 1. The lowest BCUT2D eigenvalue weighted by Crippen LogP contribution is -2.01. The van der Waals surface area contributed by atoms with Crippen LogP contribution in [0.3, 0.4) is 0 Å². The molecule has 60 valence electrons. The fraction of sp³-hybridized carbons (Fsp3) is 0.111. The second-order valence-corrected chi connectivity index (χ2v) is 2.67. The first-order chi connectivity index (χ1) is 5.75. The summed E-state index contributed by atoms with van der Waals surface area (Å²) in [6.07, 6.45) is 1.52. The lowest BCUT2D eigenvalue weighted by Gasteiger charge is -1.94. The number of fused-ring (bicyclic) bond motifs is 1. The normalized spacial score (nSPS) is 10.4. The maximum Gasteiger partial charge on any atom is 0.439 e. The lowest BCUT2D eigenvalue weighted by atomic mass is 10.2. The van der Waals surface area contributed by atoms with Crippen LogP contribution in [0.25, 0.3) is 11.0 Å². The SMILES string of the molecule is Cc1ccc2oc(=O)ncc2c1. The smallest absolute Gasteiger partial charge is 0.408 e. The molecule has 2 rings (SSSR count). The average Bonchev–Trinajstić information content (AvgIpc) is 2.05. The highest BCUT2D eigenvalue weighted by Crippen LogP contribution is 2.11. The third kappa shape index (κ3) is 1.09. The minimum atomic E-state index is -0.550. The third-order valence-corrected chi connectivity index (χ3v) is 1.67. The van der Waals surface area contributed by atoms with E-state index < -0.39 is 5.76 Å². The number of hydrogen-bond donors (Lipinski definition) is 0. The van der Waals surface area contributed by atoms with Crippen LogP contribution in [0.5, 0.6) is 0 Å². The molecule has 0 aliphatic rings. The largest absolute Gasteiger partial charge is 0.439 e. The quantitative estimate of drug-likeness (QED) is 0.588. The minimum Gasteiger partial charge on any atom is -0.408 e. The van der Waals surface area contributed by atoms with Crippen molar-refractivity contribution in [2.24, 2.45) is 0 Å². The van der Waals surface area contributed by atoms with E-state index in [1.54, 1.807) is 6.07 Å². The summed E-state index contributed by atoms with van der Waals surface area (Å²) in [7, 11) is 0. The summed E-state index contributed by atoms with van der Waals surface area (Å²) >= 11 is 0. The van der Waals surface area contributed by atoms with Gasteiger partial charge in [-0.1, -0.05) is 11.6 Å². The van der Waals surface area contributed by atoms with Gasteiger partial charge in [-0.2, -0.15) is 4.98 Å². The fourth-order valence-electron chi connectivity index (χ4n) is 1.10. The van der Waals surface area contributed by atoms with Crippen LogP contribution in [0.15, 0.2) is 33.6 Å². The second kappa shape index (κ2) is 2.44. The zero-order chi connectivity index (χ0) is 8.55. The predicted octanol–water partition coefficient (Wildman–Crippen LogP) is 1.50. The summed E-state index contributed by atoms with van der Waals surface area (Å²) in [6.45, 7) is 1.98. The van der Waals surface area contributed by atoms with Crippen LogP contribution >= 0.6 is 0 Å². The molecule has 0 saturated heterocycles. The van der Waals surface area contributed by atoms with E-state index in [4.69, 9.17) is 4.42 Å². The van der Waals surface area contributed by atoms with E-state index >= 15 is 0 Å². The summed E-state index contributed by atoms with van der Waals surface area (Å²) in [6, 6.07) is 5.59. The number of aromatic nitrogens is 1. The third-order valence-electron chi connectivity index (χ3n) is 1.67. The van der Waals surface area contributed by atoms with Crippen molar-refractivity contribution in [1.82, 2.24) is 4.98 Å². The molecule has 0 radical (unpaired) electrons. The minimum absolute atomic E-state index is 0.550. The standard InChI is InChI=1S/C9H7NO2/c1-6-2-3-8-7(4-6)5-10-9(11)12-8/h2-5H,1H3. The van der Waals surface area contributed by atoms with E-state index in [9.17, 15) is 4.79 Å². The Morgan fingerprint density at radius 2 is 2.25 bits per heavy atom. The van der Waals surface area contributed by atoms with E-state index in [1.807, 2.05) is 19.1 Å². The average molecular weight is 161 g/mol. The van der Waals surface area contributed by atoms with Crippen LogP contribution in [-0.4, -0.2) is 4.98 Å². The highest BCUT2D eigenvalue weighted by molar-refractivity contribution is 5.75. The molecular formula is C9H7NO2. The van der Waals surface area contributed by atoms with Gasteiger partial charge in [-0.25, -0.2) is 4.79 Å². The van der Waals surface area contributed by atoms with Crippen LogP contribution in [0.1, 0.15) is 5.56 Å². The molecule has 0 bridgehead atoms. The van der Waals surface area contributed by atoms with Crippen molar-refractivity contribution in [2.45, 2.75) is 6.92 Å². The zero-order valence-electron chi connectivity index (χ0n) is 6.57. The van der Waals surface area contributed by atoms with E-state index in [1.165, 1.54) is 6.20 Å². The first kappa shape index (κ1) is 7.03. The van der Waals surface area contributed by atoms with Crippen LogP contribution in [0.4, 0.5) is 0 Å². The van der Waals surface area contributed by atoms with Crippen molar-refractivity contribution in [3.63, 3.8) is 0 Å². The van der Waals surface area contributed by atoms with Gasteiger partial charge in [0.15, 0.2) is 0 Å². The molecule has 1 heterocycles. The van der Waals surface area contributed by atoms with Crippen molar-refractivity contribution < 1.29 is 4.42 Å². The second-order valence-electron chi connectivity index (χ2n) is 2.67. The fourth-order valence-corrected chi connectivity index (χ4v) is 1.10. The van der Waals surface area contributed by atoms with Gasteiger partial charge in [0.2, 0.25) is 0 Å². The molecule has 0 saturated carbocycles. The Kier molecular flexibility index (Phi) is 1.43. The van der Waals surface area contributed by atoms with Gasteiger partial charge in [-0.05, 0) is 19.1 Å². The molecule has 3 heteroatoms. The monoisotopic (exact) mass is 161 g/mol. The van der Waals surface area contributed by atoms with Gasteiger partial charge >= 0.3 is 5.76 Å². The summed E-state index contributed by atoms with van der Waals surface area (Å²) in [4.78, 5) is 14.2. The molecule has 0 aliphatic heterocycles. The molecule has 0 N–H and O–H groups in total. The molecule has 12 heavy (non-hydrogen) atoms. The van der Waals surface area contributed by atoms with Gasteiger partial charge in [0.05, 0.1) is 0 Å². The molecule has 0 spiro atoms. The van der Waals surface area contributed by atoms with Crippen LogP contribution in [-0.2, 0) is 0 Å². The first-order valence-electron chi connectivity index (χ1n) is 3.62. The van der Waals surface area contributed by atoms with Crippen molar-refractivity contribution in [3.05, 3.63) is 40.5 Å². The molecule has 0 atom stereocenters. The highest BCUT2D eigenvalue weighted by atomic mass is 16.4. The van der Waals surface area contributed by atoms with E-state index in [2.05, 4.69) is 4.98 Å². The van der Waals surface area contributed by atoms with E-state index in [0.29, 0.717) is 5.58 Å². The Hall–Kier alpha value is -1.64. The molecule has 0 unspecified atom stereocenters. The van der Waals surface area contributed by atoms with Crippen molar-refractivity contribution in [1.29, 1.82) is 0 Å². The Morgan fingerprint density at radius 1 is 1.42 bits per heavy atom. The van der Waals surface area contributed by atoms with Crippen molar-refractivity contribution >= 4 is 11.0 Å². The van der Waals surface area contributed by atoms with Crippen LogP contribution < -0.4 is 5.76 Å². The number of benzene rings is 1. The molecule has 0 aliphatic carbocycles. The summed E-state index contributed by atoms with van der Waals surface area (Å²) in [5.74, 6) is -0.550. The Bertz CT molecular complexity index is 473. The summed E-state index contributed by atoms with van der Waals surface area (Å²) < 4.78 is 4.85.